The molecule has 0 atom stereocenters. The fourth-order valence-electron chi connectivity index (χ4n) is 3.63. The zero-order valence-electron chi connectivity index (χ0n) is 16.1. The number of benzene rings is 1. The molecule has 144 valence electrons. The molecule has 28 heavy (non-hydrogen) atoms. The molecule has 0 saturated heterocycles. The average molecular weight is 375 g/mol. The number of methoxy groups -OCH3 is 1. The fraction of sp³-hybridized carbons (Fsp3) is 0.348. The molecule has 1 saturated carbocycles. The van der Waals surface area contributed by atoms with Gasteiger partial charge in [0.25, 0.3) is 0 Å². The monoisotopic (exact) mass is 375 g/mol. The van der Waals surface area contributed by atoms with Gasteiger partial charge in [-0.15, -0.1) is 0 Å². The molecule has 3 aromatic rings. The van der Waals surface area contributed by atoms with Crippen molar-refractivity contribution in [3.63, 3.8) is 0 Å². The van der Waals surface area contributed by atoms with Gasteiger partial charge < -0.3 is 19.8 Å². The molecule has 0 unspecified atom stereocenters. The summed E-state index contributed by atoms with van der Waals surface area (Å²) in [6.45, 7) is 0.320. The van der Waals surface area contributed by atoms with Gasteiger partial charge in [0.1, 0.15) is 23.8 Å². The minimum absolute atomic E-state index is 0.320. The first-order valence-corrected chi connectivity index (χ1v) is 9.82. The number of ether oxygens (including phenoxy) is 2. The highest BCUT2D eigenvalue weighted by Gasteiger charge is 2.16. The number of H-pyrrole nitrogens is 1. The van der Waals surface area contributed by atoms with Gasteiger partial charge in [-0.1, -0.05) is 31.1 Å². The largest absolute Gasteiger partial charge is 0.497 e. The van der Waals surface area contributed by atoms with Crippen LogP contribution >= 0.6 is 0 Å². The van der Waals surface area contributed by atoms with Crippen molar-refractivity contribution >= 4 is 16.7 Å². The lowest BCUT2D eigenvalue weighted by molar-refractivity contribution is 0.368. The zero-order valence-corrected chi connectivity index (χ0v) is 16.1. The Balaban J connectivity index is 1.49. The number of pyridine rings is 1. The van der Waals surface area contributed by atoms with Crippen molar-refractivity contribution in [1.29, 1.82) is 0 Å². The Labute approximate surface area is 165 Å². The molecule has 2 N–H and O–H groups in total. The van der Waals surface area contributed by atoms with Gasteiger partial charge in [-0.2, -0.15) is 0 Å². The Kier molecular flexibility index (Phi) is 5.67. The number of hydrogen-bond acceptors (Lipinski definition) is 4. The van der Waals surface area contributed by atoms with Crippen LogP contribution in [0.1, 0.15) is 37.7 Å². The van der Waals surface area contributed by atoms with Gasteiger partial charge in [-0.3, -0.25) is 0 Å². The molecule has 1 aliphatic carbocycles. The summed E-state index contributed by atoms with van der Waals surface area (Å²) in [5.41, 5.74) is 2.88. The van der Waals surface area contributed by atoms with Gasteiger partial charge in [0.15, 0.2) is 0 Å². The summed E-state index contributed by atoms with van der Waals surface area (Å²) in [6.07, 6.45) is 10.1. The molecule has 2 heterocycles. The van der Waals surface area contributed by atoms with E-state index in [-0.39, 0.29) is 0 Å². The first kappa shape index (κ1) is 18.2. The van der Waals surface area contributed by atoms with Gasteiger partial charge in [0.2, 0.25) is 0 Å². The van der Waals surface area contributed by atoms with Gasteiger partial charge in [-0.05, 0) is 43.2 Å². The maximum absolute atomic E-state index is 5.71. The topological polar surface area (TPSA) is 59.2 Å². The van der Waals surface area contributed by atoms with E-state index in [1.54, 1.807) is 7.11 Å². The van der Waals surface area contributed by atoms with Crippen molar-refractivity contribution in [2.45, 2.75) is 38.1 Å². The van der Waals surface area contributed by atoms with Crippen molar-refractivity contribution in [2.24, 2.45) is 0 Å². The number of rotatable bonds is 5. The van der Waals surface area contributed by atoms with E-state index in [1.165, 1.54) is 32.1 Å². The van der Waals surface area contributed by atoms with E-state index in [4.69, 9.17) is 9.47 Å². The van der Waals surface area contributed by atoms with Crippen molar-refractivity contribution in [3.8, 4) is 23.3 Å². The maximum atomic E-state index is 5.71. The summed E-state index contributed by atoms with van der Waals surface area (Å²) < 4.78 is 10.9. The Morgan fingerprint density at radius 1 is 1.11 bits per heavy atom. The van der Waals surface area contributed by atoms with Crippen LogP contribution in [-0.4, -0.2) is 29.7 Å². The quantitative estimate of drug-likeness (QED) is 0.632. The second-order valence-corrected chi connectivity index (χ2v) is 7.03. The fourth-order valence-corrected chi connectivity index (χ4v) is 3.63. The van der Waals surface area contributed by atoms with Crippen molar-refractivity contribution < 1.29 is 9.47 Å². The first-order chi connectivity index (χ1) is 13.8. The molecule has 1 aliphatic rings. The molecule has 4 rings (SSSR count). The second kappa shape index (κ2) is 8.71. The standard InChI is InChI=1S/C23H25N3O2/c1-27-19-9-11-20(12-10-19)28-15-5-6-17-16-25-23-21(13-14-24-23)22(17)26-18-7-3-2-4-8-18/h9-14,16,18H,2-4,7-8,15H2,1H3,(H2,24,25,26). The van der Waals surface area contributed by atoms with E-state index in [0.29, 0.717) is 12.6 Å². The molecule has 0 bridgehead atoms. The molecule has 1 fully saturated rings. The van der Waals surface area contributed by atoms with Gasteiger partial charge in [-0.25, -0.2) is 4.98 Å². The summed E-state index contributed by atoms with van der Waals surface area (Å²) in [4.78, 5) is 7.69. The van der Waals surface area contributed by atoms with Crippen LogP contribution in [0.5, 0.6) is 11.5 Å². The predicted molar refractivity (Wildman–Crippen MR) is 112 cm³/mol. The van der Waals surface area contributed by atoms with Crippen LogP contribution in [0.2, 0.25) is 0 Å². The minimum Gasteiger partial charge on any atom is -0.497 e. The lowest BCUT2D eigenvalue weighted by atomic mass is 9.95. The minimum atomic E-state index is 0.320. The van der Waals surface area contributed by atoms with E-state index in [2.05, 4.69) is 33.2 Å². The lowest BCUT2D eigenvalue weighted by Gasteiger charge is -2.24. The van der Waals surface area contributed by atoms with E-state index in [9.17, 15) is 0 Å². The SMILES string of the molecule is COc1ccc(OCC#Cc2cnc3[nH]ccc3c2NC2CCCCC2)cc1. The molecule has 0 amide bonds. The third-order valence-electron chi connectivity index (χ3n) is 5.13. The molecule has 2 aromatic heterocycles. The third-order valence-corrected chi connectivity index (χ3v) is 5.13. The summed E-state index contributed by atoms with van der Waals surface area (Å²) in [6, 6.07) is 10.1. The molecular weight excluding hydrogens is 350 g/mol. The first-order valence-electron chi connectivity index (χ1n) is 9.82. The Bertz CT molecular complexity index is 976. The van der Waals surface area contributed by atoms with Crippen LogP contribution in [0, 0.1) is 11.8 Å². The number of aromatic nitrogens is 2. The molecule has 0 radical (unpaired) electrons. The summed E-state index contributed by atoms with van der Waals surface area (Å²) >= 11 is 0. The smallest absolute Gasteiger partial charge is 0.149 e. The van der Waals surface area contributed by atoms with Crippen LogP contribution in [0.15, 0.2) is 42.7 Å². The number of aromatic amines is 1. The summed E-state index contributed by atoms with van der Waals surface area (Å²) in [5, 5.41) is 4.82. The number of nitrogens with zero attached hydrogens (tertiary/aromatic N) is 1. The van der Waals surface area contributed by atoms with Crippen molar-refractivity contribution in [1.82, 2.24) is 9.97 Å². The number of hydrogen-bond donors (Lipinski definition) is 2. The molecule has 5 nitrogen and oxygen atoms in total. The Morgan fingerprint density at radius 3 is 2.68 bits per heavy atom. The van der Waals surface area contributed by atoms with Crippen LogP contribution < -0.4 is 14.8 Å². The predicted octanol–water partition coefficient (Wildman–Crippen LogP) is 4.75. The van der Waals surface area contributed by atoms with Gasteiger partial charge in [0.05, 0.1) is 18.4 Å². The number of fused-ring (bicyclic) bond motifs is 1. The van der Waals surface area contributed by atoms with Crippen LogP contribution in [-0.2, 0) is 0 Å². The highest BCUT2D eigenvalue weighted by Crippen LogP contribution is 2.29. The molecular formula is C23H25N3O2. The molecule has 0 aliphatic heterocycles. The van der Waals surface area contributed by atoms with Crippen molar-refractivity contribution in [3.05, 3.63) is 48.3 Å². The Hall–Kier alpha value is -3.13. The highest BCUT2D eigenvalue weighted by atomic mass is 16.5. The molecule has 1 aromatic carbocycles. The van der Waals surface area contributed by atoms with Crippen LogP contribution in [0.25, 0.3) is 11.0 Å². The maximum Gasteiger partial charge on any atom is 0.149 e. The van der Waals surface area contributed by atoms with Crippen molar-refractivity contribution in [2.75, 3.05) is 19.0 Å². The van der Waals surface area contributed by atoms with E-state index in [1.807, 2.05) is 36.7 Å². The van der Waals surface area contributed by atoms with E-state index in [0.717, 1.165) is 33.8 Å². The van der Waals surface area contributed by atoms with Gasteiger partial charge >= 0.3 is 0 Å². The Morgan fingerprint density at radius 2 is 1.89 bits per heavy atom. The van der Waals surface area contributed by atoms with Gasteiger partial charge in [0, 0.05) is 23.8 Å². The number of nitrogens with one attached hydrogen (secondary N) is 2. The van der Waals surface area contributed by atoms with Crippen LogP contribution in [0.3, 0.4) is 0 Å². The van der Waals surface area contributed by atoms with Crippen LogP contribution in [0.4, 0.5) is 5.69 Å². The second-order valence-electron chi connectivity index (χ2n) is 7.03. The normalized spacial score (nSPS) is 14.3. The number of anilines is 1. The van der Waals surface area contributed by atoms with E-state index < -0.39 is 0 Å². The van der Waals surface area contributed by atoms with E-state index >= 15 is 0 Å². The highest BCUT2D eigenvalue weighted by molar-refractivity contribution is 5.92. The molecule has 0 spiro atoms. The third kappa shape index (κ3) is 4.23. The molecule has 5 heteroatoms. The average Bonchev–Trinajstić information content (AvgIpc) is 3.23. The zero-order chi connectivity index (χ0) is 19.2. The summed E-state index contributed by atoms with van der Waals surface area (Å²) in [5.74, 6) is 7.94. The summed E-state index contributed by atoms with van der Waals surface area (Å²) in [7, 11) is 1.65. The lowest BCUT2D eigenvalue weighted by Crippen LogP contribution is -2.22.